The normalized spacial score (nSPS) is 16.0. The van der Waals surface area contributed by atoms with Gasteiger partial charge in [0.1, 0.15) is 0 Å². The summed E-state index contributed by atoms with van der Waals surface area (Å²) in [6.07, 6.45) is 3.66. The van der Waals surface area contributed by atoms with Crippen molar-refractivity contribution in [1.82, 2.24) is 4.90 Å². The van der Waals surface area contributed by atoms with Crippen LogP contribution in [-0.2, 0) is 29.1 Å². The van der Waals surface area contributed by atoms with E-state index in [2.05, 4.69) is 0 Å². The van der Waals surface area contributed by atoms with E-state index >= 15 is 0 Å². The summed E-state index contributed by atoms with van der Waals surface area (Å²) in [5.74, 6) is -0.766. The van der Waals surface area contributed by atoms with Gasteiger partial charge in [-0.05, 0) is 47.5 Å². The summed E-state index contributed by atoms with van der Waals surface area (Å²) < 4.78 is 0. The predicted octanol–water partition coefficient (Wildman–Crippen LogP) is 3.68. The van der Waals surface area contributed by atoms with Crippen LogP contribution in [-0.4, -0.2) is 40.8 Å². The minimum Gasteiger partial charge on any atom is -0.270 e. The average molecular weight is 371 g/mol. The van der Waals surface area contributed by atoms with E-state index in [1.165, 1.54) is 6.08 Å². The fourth-order valence-corrected chi connectivity index (χ4v) is 2.69. The zero-order valence-electron chi connectivity index (χ0n) is 17.1. The molecule has 1 aliphatic heterocycles. The summed E-state index contributed by atoms with van der Waals surface area (Å²) in [5, 5.41) is 0. The number of hydrogen-bond acceptors (Lipinski definition) is 6. The van der Waals surface area contributed by atoms with Crippen molar-refractivity contribution < 1.29 is 29.1 Å². The standard InChI is InChI=1S/C19H33NO6/c1-8-10-18(4,5)25-23-16(24-26-19(6,7)11-9-2)13-20-15(21)12-14(3)17(20)22/h12,16H,8-11,13H2,1-7H3. The van der Waals surface area contributed by atoms with E-state index in [0.29, 0.717) is 5.57 Å². The summed E-state index contributed by atoms with van der Waals surface area (Å²) in [4.78, 5) is 46.9. The molecule has 0 saturated heterocycles. The molecule has 0 aromatic carbocycles. The van der Waals surface area contributed by atoms with Crippen LogP contribution in [0.3, 0.4) is 0 Å². The molecule has 0 atom stereocenters. The minimum atomic E-state index is -1.05. The van der Waals surface area contributed by atoms with Gasteiger partial charge < -0.3 is 0 Å². The Labute approximate surface area is 156 Å². The summed E-state index contributed by atoms with van der Waals surface area (Å²) in [6.45, 7) is 13.2. The van der Waals surface area contributed by atoms with E-state index in [0.717, 1.165) is 30.6 Å². The Hall–Kier alpha value is -1.28. The maximum Gasteiger partial charge on any atom is 0.256 e. The second kappa shape index (κ2) is 9.60. The van der Waals surface area contributed by atoms with Crippen molar-refractivity contribution in [3.63, 3.8) is 0 Å². The molecular formula is C19H33NO6. The number of carbonyl (C=O) groups excluding carboxylic acids is 2. The SMILES string of the molecule is CCCC(C)(C)OOC(CN1C(=O)C=C(C)C1=O)OOC(C)(C)CCC. The van der Waals surface area contributed by atoms with Crippen molar-refractivity contribution in [3.8, 4) is 0 Å². The molecule has 26 heavy (non-hydrogen) atoms. The molecule has 150 valence electrons. The highest BCUT2D eigenvalue weighted by Gasteiger charge is 2.34. The van der Waals surface area contributed by atoms with Crippen LogP contribution in [0.25, 0.3) is 0 Å². The first-order valence-electron chi connectivity index (χ1n) is 9.24. The van der Waals surface area contributed by atoms with Gasteiger partial charge in [-0.3, -0.25) is 14.5 Å². The number of rotatable bonds is 12. The Morgan fingerprint density at radius 1 is 0.962 bits per heavy atom. The van der Waals surface area contributed by atoms with E-state index in [1.807, 2.05) is 41.5 Å². The molecule has 1 aliphatic rings. The van der Waals surface area contributed by atoms with Gasteiger partial charge >= 0.3 is 0 Å². The Bertz CT molecular complexity index is 504. The van der Waals surface area contributed by atoms with Crippen LogP contribution in [0.1, 0.15) is 74.1 Å². The van der Waals surface area contributed by atoms with Crippen LogP contribution in [0.15, 0.2) is 11.6 Å². The van der Waals surface area contributed by atoms with Crippen LogP contribution >= 0.6 is 0 Å². The van der Waals surface area contributed by atoms with Crippen LogP contribution in [0.4, 0.5) is 0 Å². The smallest absolute Gasteiger partial charge is 0.256 e. The molecule has 0 saturated carbocycles. The topological polar surface area (TPSA) is 74.3 Å². The van der Waals surface area contributed by atoms with Crippen molar-refractivity contribution >= 4 is 11.8 Å². The summed E-state index contributed by atoms with van der Waals surface area (Å²) in [5.41, 5.74) is -0.668. The van der Waals surface area contributed by atoms with Crippen molar-refractivity contribution in [1.29, 1.82) is 0 Å². The zero-order chi connectivity index (χ0) is 20.0. The second-order valence-electron chi connectivity index (χ2n) is 7.89. The molecule has 0 aromatic rings. The highest BCUT2D eigenvalue weighted by molar-refractivity contribution is 6.15. The number of imide groups is 1. The first-order valence-corrected chi connectivity index (χ1v) is 9.24. The van der Waals surface area contributed by atoms with Crippen molar-refractivity contribution in [2.45, 2.75) is 91.6 Å². The van der Waals surface area contributed by atoms with Gasteiger partial charge in [0.05, 0.1) is 17.7 Å². The quantitative estimate of drug-likeness (QED) is 0.225. The lowest BCUT2D eigenvalue weighted by Gasteiger charge is -2.30. The number of amides is 2. The Kier molecular flexibility index (Phi) is 8.40. The molecule has 0 radical (unpaired) electrons. The van der Waals surface area contributed by atoms with Gasteiger partial charge in [-0.15, -0.1) is 0 Å². The third kappa shape index (κ3) is 7.15. The van der Waals surface area contributed by atoms with Crippen LogP contribution in [0.2, 0.25) is 0 Å². The van der Waals surface area contributed by atoms with Crippen LogP contribution in [0, 0.1) is 0 Å². The summed E-state index contributed by atoms with van der Waals surface area (Å²) in [6, 6.07) is 0. The number of carbonyl (C=O) groups is 2. The van der Waals surface area contributed by atoms with E-state index in [-0.39, 0.29) is 12.5 Å². The maximum absolute atomic E-state index is 12.1. The lowest BCUT2D eigenvalue weighted by atomic mass is 10.0. The maximum atomic E-state index is 12.1. The van der Waals surface area contributed by atoms with Gasteiger partial charge in [0.2, 0.25) is 6.29 Å². The largest absolute Gasteiger partial charge is 0.270 e. The molecule has 7 heteroatoms. The molecule has 7 nitrogen and oxygen atoms in total. The fourth-order valence-electron chi connectivity index (χ4n) is 2.69. The monoisotopic (exact) mass is 371 g/mol. The Morgan fingerprint density at radius 2 is 1.42 bits per heavy atom. The van der Waals surface area contributed by atoms with Crippen molar-refractivity contribution in [2.24, 2.45) is 0 Å². The molecule has 0 bridgehead atoms. The number of nitrogens with zero attached hydrogens (tertiary/aromatic N) is 1. The van der Waals surface area contributed by atoms with E-state index in [4.69, 9.17) is 19.6 Å². The van der Waals surface area contributed by atoms with Crippen molar-refractivity contribution in [2.75, 3.05) is 6.54 Å². The highest BCUT2D eigenvalue weighted by Crippen LogP contribution is 2.22. The molecule has 1 rings (SSSR count). The molecule has 1 heterocycles. The molecule has 0 aromatic heterocycles. The highest BCUT2D eigenvalue weighted by atomic mass is 17.3. The molecule has 0 spiro atoms. The van der Waals surface area contributed by atoms with E-state index in [1.54, 1.807) is 6.92 Å². The van der Waals surface area contributed by atoms with Gasteiger partial charge in [0, 0.05) is 11.6 Å². The molecule has 0 fully saturated rings. The summed E-state index contributed by atoms with van der Waals surface area (Å²) >= 11 is 0. The second-order valence-corrected chi connectivity index (χ2v) is 7.89. The average Bonchev–Trinajstić information content (AvgIpc) is 2.75. The molecule has 0 N–H and O–H groups in total. The van der Waals surface area contributed by atoms with Gasteiger partial charge in [0.25, 0.3) is 11.8 Å². The Balaban J connectivity index is 2.75. The first-order chi connectivity index (χ1) is 12.0. The predicted molar refractivity (Wildman–Crippen MR) is 96.6 cm³/mol. The van der Waals surface area contributed by atoms with Crippen LogP contribution in [0.5, 0.6) is 0 Å². The minimum absolute atomic E-state index is 0.115. The third-order valence-electron chi connectivity index (χ3n) is 3.99. The zero-order valence-corrected chi connectivity index (χ0v) is 17.1. The Morgan fingerprint density at radius 3 is 1.77 bits per heavy atom. The van der Waals surface area contributed by atoms with Crippen LogP contribution < -0.4 is 0 Å². The van der Waals surface area contributed by atoms with Gasteiger partial charge in [-0.2, -0.15) is 9.78 Å². The first kappa shape index (κ1) is 22.8. The lowest BCUT2D eigenvalue weighted by molar-refractivity contribution is -0.499. The van der Waals surface area contributed by atoms with E-state index in [9.17, 15) is 9.59 Å². The molecule has 2 amide bonds. The molecular weight excluding hydrogens is 338 g/mol. The lowest BCUT2D eigenvalue weighted by Crippen LogP contribution is -2.42. The fraction of sp³-hybridized carbons (Fsp3) is 0.789. The van der Waals surface area contributed by atoms with E-state index < -0.39 is 23.4 Å². The number of hydrogen-bond donors (Lipinski definition) is 0. The molecule has 0 aliphatic carbocycles. The van der Waals surface area contributed by atoms with Gasteiger partial charge in [-0.25, -0.2) is 9.78 Å². The van der Waals surface area contributed by atoms with Crippen molar-refractivity contribution in [3.05, 3.63) is 11.6 Å². The van der Waals surface area contributed by atoms with Gasteiger partial charge in [0.15, 0.2) is 0 Å². The summed E-state index contributed by atoms with van der Waals surface area (Å²) in [7, 11) is 0. The molecule has 0 unspecified atom stereocenters. The third-order valence-corrected chi connectivity index (χ3v) is 3.99. The van der Waals surface area contributed by atoms with Gasteiger partial charge in [-0.1, -0.05) is 26.7 Å².